The molecule has 25 heavy (non-hydrogen) atoms. The van der Waals surface area contributed by atoms with Gasteiger partial charge in [0, 0.05) is 0 Å². The summed E-state index contributed by atoms with van der Waals surface area (Å²) in [6, 6.07) is 10.1. The average molecular weight is 347 g/mol. The van der Waals surface area contributed by atoms with Crippen LogP contribution < -0.4 is 0 Å². The van der Waals surface area contributed by atoms with Crippen LogP contribution in [-0.2, 0) is 11.3 Å². The quantitative estimate of drug-likeness (QED) is 0.276. The molecule has 0 aliphatic rings. The van der Waals surface area contributed by atoms with E-state index in [4.69, 9.17) is 4.74 Å². The van der Waals surface area contributed by atoms with Crippen molar-refractivity contribution < 1.29 is 9.84 Å². The molecule has 2 heteroatoms. The van der Waals surface area contributed by atoms with Gasteiger partial charge < -0.3 is 9.84 Å². The summed E-state index contributed by atoms with van der Waals surface area (Å²) in [4.78, 5) is 0. The molecule has 0 fully saturated rings. The number of aliphatic hydroxyl groups is 1. The molecule has 142 valence electrons. The molecule has 2 nitrogen and oxygen atoms in total. The summed E-state index contributed by atoms with van der Waals surface area (Å²) < 4.78 is 5.94. The van der Waals surface area contributed by atoms with Crippen molar-refractivity contribution in [3.05, 3.63) is 48.6 Å². The number of hydrogen-bond acceptors (Lipinski definition) is 2. The highest BCUT2D eigenvalue weighted by molar-refractivity contribution is 5.13. The minimum absolute atomic E-state index is 0.147. The average Bonchev–Trinajstić information content (AvgIpc) is 2.65. The summed E-state index contributed by atoms with van der Waals surface area (Å²) in [7, 11) is 0. The van der Waals surface area contributed by atoms with Gasteiger partial charge >= 0.3 is 0 Å². The van der Waals surface area contributed by atoms with E-state index in [9.17, 15) is 5.11 Å². The third-order valence-electron chi connectivity index (χ3n) is 4.77. The van der Waals surface area contributed by atoms with E-state index in [1.54, 1.807) is 6.08 Å². The molecular formula is C23H38O2. The van der Waals surface area contributed by atoms with Crippen LogP contribution in [0.15, 0.2) is 43.0 Å². The minimum atomic E-state index is -0.581. The minimum Gasteiger partial charge on any atom is -0.386 e. The van der Waals surface area contributed by atoms with Gasteiger partial charge in [0.2, 0.25) is 0 Å². The number of aliphatic hydroxyl groups excluding tert-OH is 1. The summed E-state index contributed by atoms with van der Waals surface area (Å²) in [5.41, 5.74) is 1.15. The molecule has 1 rings (SSSR count). The molecule has 1 aromatic rings. The third-order valence-corrected chi connectivity index (χ3v) is 4.77. The van der Waals surface area contributed by atoms with Gasteiger partial charge in [-0.1, -0.05) is 108 Å². The van der Waals surface area contributed by atoms with Crippen molar-refractivity contribution in [2.24, 2.45) is 0 Å². The van der Waals surface area contributed by atoms with E-state index in [2.05, 4.69) is 25.6 Å². The lowest BCUT2D eigenvalue weighted by Gasteiger charge is -2.21. The van der Waals surface area contributed by atoms with Crippen LogP contribution in [0.5, 0.6) is 0 Å². The van der Waals surface area contributed by atoms with Gasteiger partial charge in [0.05, 0.1) is 18.8 Å². The van der Waals surface area contributed by atoms with Crippen LogP contribution >= 0.6 is 0 Å². The molecule has 0 radical (unpaired) electrons. The van der Waals surface area contributed by atoms with Crippen molar-refractivity contribution in [2.45, 2.75) is 96.4 Å². The van der Waals surface area contributed by atoms with Gasteiger partial charge in [-0.25, -0.2) is 0 Å². The van der Waals surface area contributed by atoms with Gasteiger partial charge in [0.1, 0.15) is 0 Å². The van der Waals surface area contributed by atoms with Crippen LogP contribution in [0.4, 0.5) is 0 Å². The zero-order valence-electron chi connectivity index (χ0n) is 16.2. The fraction of sp³-hybridized carbons (Fsp3) is 0.652. The monoisotopic (exact) mass is 346 g/mol. The maximum atomic E-state index is 10.1. The lowest BCUT2D eigenvalue weighted by molar-refractivity contribution is -0.0320. The first kappa shape index (κ1) is 21.9. The molecule has 0 amide bonds. The van der Waals surface area contributed by atoms with Crippen LogP contribution in [-0.4, -0.2) is 17.3 Å². The summed E-state index contributed by atoms with van der Waals surface area (Å²) in [5.74, 6) is 0. The molecule has 0 saturated heterocycles. The summed E-state index contributed by atoms with van der Waals surface area (Å²) >= 11 is 0. The molecule has 0 spiro atoms. The Bertz CT molecular complexity index is 415. The van der Waals surface area contributed by atoms with Gasteiger partial charge in [-0.15, -0.1) is 6.58 Å². The molecule has 0 unspecified atom stereocenters. The molecule has 0 aromatic heterocycles. The van der Waals surface area contributed by atoms with E-state index >= 15 is 0 Å². The Hall–Kier alpha value is -1.12. The lowest BCUT2D eigenvalue weighted by atomic mass is 10.0. The Morgan fingerprint density at radius 2 is 1.48 bits per heavy atom. The zero-order chi connectivity index (χ0) is 18.2. The highest BCUT2D eigenvalue weighted by atomic mass is 16.5. The fourth-order valence-electron chi connectivity index (χ4n) is 3.11. The number of ether oxygens (including phenoxy) is 1. The number of rotatable bonds is 16. The first-order valence-electron chi connectivity index (χ1n) is 10.2. The van der Waals surface area contributed by atoms with Crippen molar-refractivity contribution >= 4 is 0 Å². The van der Waals surface area contributed by atoms with Crippen molar-refractivity contribution in [1.82, 2.24) is 0 Å². The van der Waals surface area contributed by atoms with E-state index < -0.39 is 6.10 Å². The van der Waals surface area contributed by atoms with Crippen molar-refractivity contribution in [2.75, 3.05) is 0 Å². The van der Waals surface area contributed by atoms with Gasteiger partial charge in [-0.3, -0.25) is 0 Å². The largest absolute Gasteiger partial charge is 0.386 e. The van der Waals surface area contributed by atoms with E-state index in [0.29, 0.717) is 6.61 Å². The Labute approximate surface area is 155 Å². The van der Waals surface area contributed by atoms with Gasteiger partial charge in [0.25, 0.3) is 0 Å². The van der Waals surface area contributed by atoms with Crippen molar-refractivity contribution in [3.63, 3.8) is 0 Å². The molecule has 0 saturated carbocycles. The second kappa shape index (κ2) is 15.2. The normalized spacial score (nSPS) is 13.5. The lowest BCUT2D eigenvalue weighted by Crippen LogP contribution is -2.27. The topological polar surface area (TPSA) is 29.5 Å². The third kappa shape index (κ3) is 11.2. The van der Waals surface area contributed by atoms with Gasteiger partial charge in [-0.2, -0.15) is 0 Å². The van der Waals surface area contributed by atoms with Gasteiger partial charge in [-0.05, 0) is 12.0 Å². The van der Waals surface area contributed by atoms with Crippen LogP contribution in [0.3, 0.4) is 0 Å². The number of hydrogen-bond donors (Lipinski definition) is 1. The second-order valence-corrected chi connectivity index (χ2v) is 7.03. The molecular weight excluding hydrogens is 308 g/mol. The molecule has 1 aromatic carbocycles. The first-order chi connectivity index (χ1) is 12.3. The van der Waals surface area contributed by atoms with E-state index in [-0.39, 0.29) is 6.10 Å². The van der Waals surface area contributed by atoms with Crippen molar-refractivity contribution in [3.8, 4) is 0 Å². The van der Waals surface area contributed by atoms with E-state index in [0.717, 1.165) is 18.4 Å². The zero-order valence-corrected chi connectivity index (χ0v) is 16.2. The molecule has 0 bridgehead atoms. The molecule has 0 aliphatic carbocycles. The van der Waals surface area contributed by atoms with Crippen LogP contribution in [0.1, 0.15) is 83.1 Å². The Balaban J connectivity index is 2.11. The van der Waals surface area contributed by atoms with Crippen LogP contribution in [0.2, 0.25) is 0 Å². The summed E-state index contributed by atoms with van der Waals surface area (Å²) in [6.07, 6.45) is 15.0. The first-order valence-corrected chi connectivity index (χ1v) is 10.2. The molecule has 2 atom stereocenters. The number of unbranched alkanes of at least 4 members (excludes halogenated alkanes) is 9. The second-order valence-electron chi connectivity index (χ2n) is 7.03. The Morgan fingerprint density at radius 3 is 2.04 bits per heavy atom. The predicted molar refractivity (Wildman–Crippen MR) is 108 cm³/mol. The summed E-state index contributed by atoms with van der Waals surface area (Å²) in [5, 5.41) is 10.1. The standard InChI is InChI=1S/C23H38O2/c1-3-5-6-7-8-9-10-11-12-16-19-23(22(24)4-2)25-20-21-17-14-13-15-18-21/h4,13-15,17-18,22-24H,2-3,5-12,16,19-20H2,1H3/t22-,23-/m1/s1. The number of benzene rings is 1. The maximum Gasteiger partial charge on any atom is 0.0980 e. The molecule has 1 N–H and O–H groups in total. The van der Waals surface area contributed by atoms with E-state index in [1.165, 1.54) is 57.8 Å². The summed E-state index contributed by atoms with van der Waals surface area (Å²) in [6.45, 7) is 6.52. The maximum absolute atomic E-state index is 10.1. The molecule has 0 aliphatic heterocycles. The van der Waals surface area contributed by atoms with Crippen LogP contribution in [0.25, 0.3) is 0 Å². The van der Waals surface area contributed by atoms with Gasteiger partial charge in [0.15, 0.2) is 0 Å². The molecule has 0 heterocycles. The smallest absolute Gasteiger partial charge is 0.0980 e. The predicted octanol–water partition coefficient (Wildman–Crippen LogP) is 6.43. The van der Waals surface area contributed by atoms with E-state index in [1.807, 2.05) is 18.2 Å². The highest BCUT2D eigenvalue weighted by Gasteiger charge is 2.16. The SMILES string of the molecule is C=C[C@@H](O)[C@@H](CCCCCCCCCCCC)OCc1ccccc1. The van der Waals surface area contributed by atoms with Crippen LogP contribution in [0, 0.1) is 0 Å². The fourth-order valence-corrected chi connectivity index (χ4v) is 3.11. The Kier molecular flexibility index (Phi) is 13.3. The van der Waals surface area contributed by atoms with Crippen molar-refractivity contribution in [1.29, 1.82) is 0 Å². The Morgan fingerprint density at radius 1 is 0.920 bits per heavy atom. The highest BCUT2D eigenvalue weighted by Crippen LogP contribution is 2.16.